The number of rotatable bonds is 5. The molecule has 0 unspecified atom stereocenters. The fourth-order valence-electron chi connectivity index (χ4n) is 6.42. The third kappa shape index (κ3) is 6.84. The Kier molecular flexibility index (Phi) is 8.26. The second-order valence-electron chi connectivity index (χ2n) is 15.1. The average molecular weight is 697 g/mol. The number of aromatic nitrogens is 2. The van der Waals surface area contributed by atoms with Gasteiger partial charge in [-0.2, -0.15) is 0 Å². The maximum absolute atomic E-state index is 16.8. The summed E-state index contributed by atoms with van der Waals surface area (Å²) in [6, 6.07) is 9.35. The molecule has 51 heavy (non-hydrogen) atoms. The van der Waals surface area contributed by atoms with Gasteiger partial charge in [0.15, 0.2) is 5.82 Å². The van der Waals surface area contributed by atoms with Crippen molar-refractivity contribution in [3.8, 4) is 17.0 Å². The van der Waals surface area contributed by atoms with Gasteiger partial charge in [-0.3, -0.25) is 15.0 Å². The second kappa shape index (κ2) is 12.4. The Labute approximate surface area is 295 Å². The molecule has 2 N–H and O–H groups in total. The number of pyridine rings is 2. The van der Waals surface area contributed by atoms with E-state index in [1.807, 2.05) is 23.1 Å². The first-order chi connectivity index (χ1) is 24.1. The molecular formula is C38H41FN6O6. The lowest BCUT2D eigenvalue weighted by Gasteiger charge is -2.32. The van der Waals surface area contributed by atoms with Gasteiger partial charge < -0.3 is 24.4 Å². The van der Waals surface area contributed by atoms with Gasteiger partial charge in [0.05, 0.1) is 12.2 Å². The molecule has 266 valence electrons. The lowest BCUT2D eigenvalue weighted by Crippen LogP contribution is -2.42. The Balaban J connectivity index is 1.30. The van der Waals surface area contributed by atoms with E-state index in [-0.39, 0.29) is 36.2 Å². The summed E-state index contributed by atoms with van der Waals surface area (Å²) in [4.78, 5) is 51.5. The van der Waals surface area contributed by atoms with E-state index in [2.05, 4.69) is 20.6 Å². The van der Waals surface area contributed by atoms with Crippen LogP contribution in [0.2, 0.25) is 0 Å². The molecule has 0 atom stereocenters. The zero-order valence-corrected chi connectivity index (χ0v) is 29.8. The van der Waals surface area contributed by atoms with Crippen LogP contribution in [0.1, 0.15) is 75.9 Å². The molecular weight excluding hydrogens is 655 g/mol. The first-order valence-corrected chi connectivity index (χ1v) is 17.0. The summed E-state index contributed by atoms with van der Waals surface area (Å²) in [5, 5.41) is 6.83. The predicted octanol–water partition coefficient (Wildman–Crippen LogP) is 8.09. The SMILES string of the molecule is Cc1c(-c2cc3cc(Nc4ccc5c(c4)CN(C4CC4)C5=O)ncc3c(NC(=O)OC(C)(C)C)c2F)cnc2c1N(C(=O)OC(C)(C)C)CCO2. The van der Waals surface area contributed by atoms with E-state index in [9.17, 15) is 14.4 Å². The van der Waals surface area contributed by atoms with Gasteiger partial charge in [0, 0.05) is 52.7 Å². The van der Waals surface area contributed by atoms with Gasteiger partial charge >= 0.3 is 12.2 Å². The lowest BCUT2D eigenvalue weighted by molar-refractivity contribution is 0.0564. The largest absolute Gasteiger partial charge is 0.474 e. The van der Waals surface area contributed by atoms with E-state index in [1.54, 1.807) is 60.6 Å². The van der Waals surface area contributed by atoms with Crippen molar-refractivity contribution in [2.75, 3.05) is 28.7 Å². The molecule has 0 bridgehead atoms. The highest BCUT2D eigenvalue weighted by molar-refractivity contribution is 6.05. The van der Waals surface area contributed by atoms with Crippen LogP contribution in [0.5, 0.6) is 5.88 Å². The smallest absolute Gasteiger partial charge is 0.415 e. The maximum atomic E-state index is 16.8. The molecule has 2 aliphatic heterocycles. The van der Waals surface area contributed by atoms with Crippen LogP contribution in [0.4, 0.5) is 36.9 Å². The minimum atomic E-state index is -0.834. The molecule has 12 nitrogen and oxygen atoms in total. The molecule has 4 heterocycles. The van der Waals surface area contributed by atoms with Gasteiger partial charge in [-0.1, -0.05) is 0 Å². The van der Waals surface area contributed by atoms with E-state index in [0.29, 0.717) is 51.6 Å². The van der Waals surface area contributed by atoms with Crippen LogP contribution >= 0.6 is 0 Å². The van der Waals surface area contributed by atoms with Crippen molar-refractivity contribution < 1.29 is 33.0 Å². The van der Waals surface area contributed by atoms with Crippen LogP contribution in [-0.2, 0) is 16.0 Å². The molecule has 2 aromatic carbocycles. The zero-order chi connectivity index (χ0) is 36.4. The van der Waals surface area contributed by atoms with Gasteiger partial charge in [-0.25, -0.2) is 23.9 Å². The Hall–Kier alpha value is -5.46. The predicted molar refractivity (Wildman–Crippen MR) is 191 cm³/mol. The topological polar surface area (TPSA) is 135 Å². The molecule has 3 aliphatic rings. The number of nitrogens with one attached hydrogen (secondary N) is 2. The minimum absolute atomic E-state index is 0.0650. The van der Waals surface area contributed by atoms with E-state index in [0.717, 1.165) is 24.1 Å². The number of ether oxygens (including phenoxy) is 3. The van der Waals surface area contributed by atoms with Crippen LogP contribution in [-0.4, -0.2) is 63.4 Å². The summed E-state index contributed by atoms with van der Waals surface area (Å²) in [5.41, 5.74) is 2.14. The first kappa shape index (κ1) is 34.0. The standard InChI is InChI=1S/C38H41FN6O6/c1-20-27(17-41-33-32(20)44(12-13-49-33)36(48)51-38(5,6)7)26-15-21-16-29(40-18-28(21)31(30(26)39)43-35(47)50-37(2,3)4)42-23-8-11-25-22(14-23)19-45(34(25)46)24-9-10-24/h8,11,14-18,24H,9-10,12-13,19H2,1-7H3,(H,40,42)(H,43,47). The van der Waals surface area contributed by atoms with Crippen LogP contribution in [0.3, 0.4) is 0 Å². The number of hydrogen-bond donors (Lipinski definition) is 2. The Morgan fingerprint density at radius 1 is 0.961 bits per heavy atom. The summed E-state index contributed by atoms with van der Waals surface area (Å²) in [5.74, 6) is 0.0324. The highest BCUT2D eigenvalue weighted by Gasteiger charge is 2.38. The Morgan fingerprint density at radius 3 is 2.41 bits per heavy atom. The molecule has 1 saturated carbocycles. The molecule has 13 heteroatoms. The van der Waals surface area contributed by atoms with Gasteiger partial charge in [0.2, 0.25) is 5.88 Å². The highest BCUT2D eigenvalue weighted by atomic mass is 19.1. The van der Waals surface area contributed by atoms with Gasteiger partial charge in [0.1, 0.15) is 29.3 Å². The Bertz CT molecular complexity index is 2100. The molecule has 0 radical (unpaired) electrons. The van der Waals surface area contributed by atoms with E-state index < -0.39 is 29.2 Å². The van der Waals surface area contributed by atoms with Gasteiger partial charge in [-0.15, -0.1) is 0 Å². The average Bonchev–Trinajstić information content (AvgIpc) is 3.83. The summed E-state index contributed by atoms with van der Waals surface area (Å²) >= 11 is 0. The summed E-state index contributed by atoms with van der Waals surface area (Å²) < 4.78 is 33.7. The number of fused-ring (bicyclic) bond motifs is 3. The zero-order valence-electron chi connectivity index (χ0n) is 29.8. The number of nitrogens with zero attached hydrogens (tertiary/aromatic N) is 4. The summed E-state index contributed by atoms with van der Waals surface area (Å²) in [7, 11) is 0. The number of halogens is 1. The Morgan fingerprint density at radius 2 is 1.71 bits per heavy atom. The summed E-state index contributed by atoms with van der Waals surface area (Å²) in [6.45, 7) is 13.3. The minimum Gasteiger partial charge on any atom is -0.474 e. The molecule has 4 aromatic rings. The van der Waals surface area contributed by atoms with Crippen molar-refractivity contribution in [1.82, 2.24) is 14.9 Å². The van der Waals surface area contributed by atoms with Crippen molar-refractivity contribution in [2.45, 2.75) is 85.1 Å². The van der Waals surface area contributed by atoms with E-state index in [1.165, 1.54) is 17.3 Å². The number of benzene rings is 2. The normalized spacial score (nSPS) is 15.6. The molecule has 3 amide bonds. The van der Waals surface area contributed by atoms with Crippen LogP contribution < -0.4 is 20.3 Å². The number of anilines is 4. The first-order valence-electron chi connectivity index (χ1n) is 17.0. The number of amides is 3. The van der Waals surface area contributed by atoms with Crippen molar-refractivity contribution in [3.05, 3.63) is 65.2 Å². The van der Waals surface area contributed by atoms with Crippen LogP contribution in [0.25, 0.3) is 21.9 Å². The second-order valence-corrected chi connectivity index (χ2v) is 15.1. The molecule has 1 fully saturated rings. The number of carbonyl (C=O) groups is 3. The number of carbonyl (C=O) groups excluding carboxylic acids is 3. The quantitative estimate of drug-likeness (QED) is 0.212. The fourth-order valence-corrected chi connectivity index (χ4v) is 6.42. The van der Waals surface area contributed by atoms with Crippen LogP contribution in [0, 0.1) is 12.7 Å². The van der Waals surface area contributed by atoms with Gasteiger partial charge in [0.25, 0.3) is 5.91 Å². The molecule has 7 rings (SSSR count). The molecule has 0 saturated heterocycles. The number of hydrogen-bond acceptors (Lipinski definition) is 9. The fraction of sp³-hybridized carbons (Fsp3) is 0.395. The van der Waals surface area contributed by atoms with Crippen LogP contribution in [0.15, 0.2) is 42.7 Å². The van der Waals surface area contributed by atoms with Crippen molar-refractivity contribution in [1.29, 1.82) is 0 Å². The highest BCUT2D eigenvalue weighted by Crippen LogP contribution is 2.43. The van der Waals surface area contributed by atoms with Crippen molar-refractivity contribution in [3.63, 3.8) is 0 Å². The van der Waals surface area contributed by atoms with E-state index in [4.69, 9.17) is 14.2 Å². The lowest BCUT2D eigenvalue weighted by atomic mass is 9.96. The van der Waals surface area contributed by atoms with E-state index >= 15 is 4.39 Å². The third-order valence-electron chi connectivity index (χ3n) is 8.78. The maximum Gasteiger partial charge on any atom is 0.415 e. The molecule has 2 aromatic heterocycles. The summed E-state index contributed by atoms with van der Waals surface area (Å²) in [6.07, 6.45) is 3.65. The van der Waals surface area contributed by atoms with Crippen molar-refractivity contribution >= 4 is 51.7 Å². The molecule has 0 spiro atoms. The third-order valence-corrected chi connectivity index (χ3v) is 8.78. The molecule has 1 aliphatic carbocycles. The monoisotopic (exact) mass is 696 g/mol. The van der Waals surface area contributed by atoms with Gasteiger partial charge in [-0.05, 0) is 108 Å². The van der Waals surface area contributed by atoms with Crippen molar-refractivity contribution in [2.24, 2.45) is 0 Å².